The first kappa shape index (κ1) is 15.4. The maximum absolute atomic E-state index is 13.0. The second-order valence-corrected chi connectivity index (χ2v) is 6.38. The largest absolute Gasteiger partial charge is 0.240 e. The van der Waals surface area contributed by atoms with Gasteiger partial charge in [-0.3, -0.25) is 0 Å². The average Bonchev–Trinajstić information content (AvgIpc) is 2.45. The van der Waals surface area contributed by atoms with Crippen LogP contribution in [0.2, 0.25) is 5.02 Å². The SMILES string of the molecule is N#Cc1ccc(S(=O)(=O)NCc2cccc(F)c2)cc1Cl. The lowest BCUT2D eigenvalue weighted by Gasteiger charge is -2.08. The predicted octanol–water partition coefficient (Wildman–Crippen LogP) is 2.83. The van der Waals surface area contributed by atoms with Gasteiger partial charge < -0.3 is 0 Å². The summed E-state index contributed by atoms with van der Waals surface area (Å²) in [6.07, 6.45) is 0. The van der Waals surface area contributed by atoms with Gasteiger partial charge in [-0.15, -0.1) is 0 Å². The molecule has 108 valence electrons. The van der Waals surface area contributed by atoms with Crippen LogP contribution in [0, 0.1) is 17.1 Å². The van der Waals surface area contributed by atoms with E-state index in [-0.39, 0.29) is 22.0 Å². The van der Waals surface area contributed by atoms with Crippen LogP contribution in [-0.2, 0) is 16.6 Å². The molecule has 0 aliphatic heterocycles. The third kappa shape index (κ3) is 3.79. The molecule has 0 atom stereocenters. The van der Waals surface area contributed by atoms with Crippen LogP contribution < -0.4 is 4.72 Å². The fourth-order valence-electron chi connectivity index (χ4n) is 1.66. The van der Waals surface area contributed by atoms with E-state index in [9.17, 15) is 12.8 Å². The number of halogens is 2. The van der Waals surface area contributed by atoms with Crippen LogP contribution in [0.15, 0.2) is 47.4 Å². The van der Waals surface area contributed by atoms with Crippen molar-refractivity contribution in [2.45, 2.75) is 11.4 Å². The lowest BCUT2D eigenvalue weighted by molar-refractivity contribution is 0.580. The van der Waals surface area contributed by atoms with Gasteiger partial charge in [-0.25, -0.2) is 17.5 Å². The highest BCUT2D eigenvalue weighted by molar-refractivity contribution is 7.89. The fraction of sp³-hybridized carbons (Fsp3) is 0.0714. The molecule has 1 N–H and O–H groups in total. The summed E-state index contributed by atoms with van der Waals surface area (Å²) in [5.41, 5.74) is 0.694. The van der Waals surface area contributed by atoms with E-state index in [2.05, 4.69) is 4.72 Å². The summed E-state index contributed by atoms with van der Waals surface area (Å²) in [5.74, 6) is -0.437. The van der Waals surface area contributed by atoms with Crippen LogP contribution in [0.3, 0.4) is 0 Å². The van der Waals surface area contributed by atoms with Crippen LogP contribution in [0.1, 0.15) is 11.1 Å². The van der Waals surface area contributed by atoms with Gasteiger partial charge in [-0.05, 0) is 35.9 Å². The number of nitriles is 1. The Bertz CT molecular complexity index is 816. The van der Waals surface area contributed by atoms with Crippen molar-refractivity contribution in [1.29, 1.82) is 5.26 Å². The molecule has 0 spiro atoms. The van der Waals surface area contributed by atoms with Crippen molar-refractivity contribution in [2.75, 3.05) is 0 Å². The molecule has 7 heteroatoms. The number of hydrogen-bond donors (Lipinski definition) is 1. The first-order valence-electron chi connectivity index (χ1n) is 5.86. The van der Waals surface area contributed by atoms with Gasteiger partial charge >= 0.3 is 0 Å². The van der Waals surface area contributed by atoms with Crippen molar-refractivity contribution in [3.8, 4) is 6.07 Å². The molecule has 0 unspecified atom stereocenters. The Morgan fingerprint density at radius 3 is 2.62 bits per heavy atom. The fourth-order valence-corrected chi connectivity index (χ4v) is 2.99. The third-order valence-corrected chi connectivity index (χ3v) is 4.44. The van der Waals surface area contributed by atoms with Crippen LogP contribution in [-0.4, -0.2) is 8.42 Å². The molecule has 0 aromatic heterocycles. The number of nitrogens with zero attached hydrogens (tertiary/aromatic N) is 1. The van der Waals surface area contributed by atoms with E-state index in [4.69, 9.17) is 16.9 Å². The van der Waals surface area contributed by atoms with Crippen molar-refractivity contribution in [3.63, 3.8) is 0 Å². The maximum atomic E-state index is 13.0. The van der Waals surface area contributed by atoms with E-state index in [1.165, 1.54) is 36.4 Å². The minimum Gasteiger partial charge on any atom is -0.207 e. The normalized spacial score (nSPS) is 11.1. The molecule has 0 bridgehead atoms. The van der Waals surface area contributed by atoms with Crippen LogP contribution in [0.5, 0.6) is 0 Å². The number of sulfonamides is 1. The molecular weight excluding hydrogens is 315 g/mol. The summed E-state index contributed by atoms with van der Waals surface area (Å²) in [5, 5.41) is 8.82. The molecule has 0 amide bonds. The minimum absolute atomic E-state index is 0.0439. The lowest BCUT2D eigenvalue weighted by atomic mass is 10.2. The van der Waals surface area contributed by atoms with Gasteiger partial charge in [-0.1, -0.05) is 23.7 Å². The standard InChI is InChI=1S/C14H10ClFN2O2S/c15-14-7-13(5-4-11(14)8-17)21(19,20)18-9-10-2-1-3-12(16)6-10/h1-7,18H,9H2. The van der Waals surface area contributed by atoms with Crippen LogP contribution >= 0.6 is 11.6 Å². The topological polar surface area (TPSA) is 70.0 Å². The van der Waals surface area contributed by atoms with E-state index in [1.54, 1.807) is 6.07 Å². The van der Waals surface area contributed by atoms with E-state index in [0.717, 1.165) is 0 Å². The van der Waals surface area contributed by atoms with Crippen molar-refractivity contribution in [3.05, 3.63) is 64.4 Å². The molecule has 0 radical (unpaired) electrons. The van der Waals surface area contributed by atoms with Gasteiger partial charge in [0.2, 0.25) is 10.0 Å². The van der Waals surface area contributed by atoms with Gasteiger partial charge in [0.1, 0.15) is 11.9 Å². The zero-order valence-corrected chi connectivity index (χ0v) is 12.2. The molecule has 0 fully saturated rings. The monoisotopic (exact) mass is 324 g/mol. The summed E-state index contributed by atoms with van der Waals surface area (Å²) < 4.78 is 39.6. The van der Waals surface area contributed by atoms with Gasteiger partial charge in [-0.2, -0.15) is 5.26 Å². The van der Waals surface area contributed by atoms with Gasteiger partial charge in [0.05, 0.1) is 15.5 Å². The van der Waals surface area contributed by atoms with Crippen LogP contribution in [0.4, 0.5) is 4.39 Å². The quantitative estimate of drug-likeness (QED) is 0.940. The lowest BCUT2D eigenvalue weighted by Crippen LogP contribution is -2.23. The number of benzene rings is 2. The van der Waals surface area contributed by atoms with E-state index in [1.807, 2.05) is 6.07 Å². The Kier molecular flexibility index (Phi) is 4.58. The highest BCUT2D eigenvalue weighted by atomic mass is 35.5. The third-order valence-electron chi connectivity index (χ3n) is 2.73. The number of hydrogen-bond acceptors (Lipinski definition) is 3. The molecule has 0 heterocycles. The maximum Gasteiger partial charge on any atom is 0.240 e. The van der Waals surface area contributed by atoms with Gasteiger partial charge in [0, 0.05) is 6.54 Å². The predicted molar refractivity (Wildman–Crippen MR) is 76.6 cm³/mol. The highest BCUT2D eigenvalue weighted by Gasteiger charge is 2.15. The summed E-state index contributed by atoms with van der Waals surface area (Å²) in [6.45, 7) is -0.0439. The zero-order valence-electron chi connectivity index (χ0n) is 10.7. The van der Waals surface area contributed by atoms with Crippen molar-refractivity contribution < 1.29 is 12.8 Å². The number of nitrogens with one attached hydrogen (secondary N) is 1. The minimum atomic E-state index is -3.79. The van der Waals surface area contributed by atoms with E-state index >= 15 is 0 Å². The molecule has 2 aromatic rings. The molecule has 0 aliphatic carbocycles. The first-order valence-corrected chi connectivity index (χ1v) is 7.72. The molecule has 21 heavy (non-hydrogen) atoms. The van der Waals surface area contributed by atoms with Crippen LogP contribution in [0.25, 0.3) is 0 Å². The smallest absolute Gasteiger partial charge is 0.207 e. The second-order valence-electron chi connectivity index (χ2n) is 4.21. The van der Waals surface area contributed by atoms with Gasteiger partial charge in [0.15, 0.2) is 0 Å². The molecular formula is C14H10ClFN2O2S. The Hall–Kier alpha value is -1.94. The highest BCUT2D eigenvalue weighted by Crippen LogP contribution is 2.20. The Morgan fingerprint density at radius 2 is 2.00 bits per heavy atom. The summed E-state index contributed by atoms with van der Waals surface area (Å²) in [4.78, 5) is -0.0529. The molecule has 4 nitrogen and oxygen atoms in total. The van der Waals surface area contributed by atoms with Crippen molar-refractivity contribution >= 4 is 21.6 Å². The summed E-state index contributed by atoms with van der Waals surface area (Å²) >= 11 is 5.81. The van der Waals surface area contributed by atoms with Crippen molar-refractivity contribution in [2.24, 2.45) is 0 Å². The summed E-state index contributed by atoms with van der Waals surface area (Å²) in [7, 11) is -3.79. The Labute approximate surface area is 126 Å². The summed E-state index contributed by atoms with van der Waals surface area (Å²) in [6, 6.07) is 11.3. The van der Waals surface area contributed by atoms with Gasteiger partial charge in [0.25, 0.3) is 0 Å². The zero-order chi connectivity index (χ0) is 15.5. The molecule has 0 saturated carbocycles. The molecule has 0 aliphatic rings. The first-order chi connectivity index (χ1) is 9.92. The van der Waals surface area contributed by atoms with Crippen molar-refractivity contribution in [1.82, 2.24) is 4.72 Å². The number of rotatable bonds is 4. The second kappa shape index (κ2) is 6.22. The van der Waals surface area contributed by atoms with E-state index in [0.29, 0.717) is 5.56 Å². The average molecular weight is 325 g/mol. The Morgan fingerprint density at radius 1 is 1.24 bits per heavy atom. The molecule has 0 saturated heterocycles. The molecule has 2 aromatic carbocycles. The van der Waals surface area contributed by atoms with E-state index < -0.39 is 15.8 Å². The molecule has 2 rings (SSSR count). The Balaban J connectivity index is 2.19.